The molecule has 0 aliphatic heterocycles. The van der Waals surface area contributed by atoms with Crippen LogP contribution in [-0.4, -0.2) is 13.6 Å². The Balaban J connectivity index is 2.01. The third-order valence-electron chi connectivity index (χ3n) is 3.78. The van der Waals surface area contributed by atoms with E-state index in [4.69, 9.17) is 10.2 Å². The Labute approximate surface area is 122 Å². The number of para-hydroxylation sites is 1. The van der Waals surface area contributed by atoms with Gasteiger partial charge in [0.25, 0.3) is 0 Å². The molecule has 4 heteroatoms. The van der Waals surface area contributed by atoms with Crippen LogP contribution in [-0.2, 0) is 0 Å². The first kappa shape index (κ1) is 13.6. The van der Waals surface area contributed by atoms with Crippen molar-refractivity contribution in [2.75, 3.05) is 18.5 Å². The second-order valence-corrected chi connectivity index (χ2v) is 5.03. The van der Waals surface area contributed by atoms with E-state index in [1.165, 1.54) is 12.1 Å². The molecule has 0 radical (unpaired) electrons. The number of furan rings is 1. The second-order valence-electron chi connectivity index (χ2n) is 5.03. The summed E-state index contributed by atoms with van der Waals surface area (Å²) in [4.78, 5) is 1.97. The summed E-state index contributed by atoms with van der Waals surface area (Å²) in [5, 5.41) is 1.04. The summed E-state index contributed by atoms with van der Waals surface area (Å²) in [5.41, 5.74) is 8.59. The molecule has 0 fully saturated rings. The van der Waals surface area contributed by atoms with Gasteiger partial charge in [0.05, 0.1) is 12.3 Å². The zero-order chi connectivity index (χ0) is 14.8. The third-order valence-corrected chi connectivity index (χ3v) is 3.78. The summed E-state index contributed by atoms with van der Waals surface area (Å²) in [7, 11) is 1.91. The molecule has 1 atom stereocenters. The van der Waals surface area contributed by atoms with E-state index in [2.05, 4.69) is 0 Å². The van der Waals surface area contributed by atoms with Crippen LogP contribution in [0.4, 0.5) is 10.1 Å². The Hall–Kier alpha value is -2.33. The van der Waals surface area contributed by atoms with E-state index < -0.39 is 0 Å². The molecule has 0 aliphatic rings. The molecule has 1 unspecified atom stereocenters. The van der Waals surface area contributed by atoms with Crippen LogP contribution in [0, 0.1) is 5.82 Å². The number of likely N-dealkylation sites (N-methyl/N-ethyl adjacent to an activating group) is 1. The predicted molar refractivity (Wildman–Crippen MR) is 82.8 cm³/mol. The molecule has 0 saturated carbocycles. The summed E-state index contributed by atoms with van der Waals surface area (Å²) < 4.78 is 19.0. The lowest BCUT2D eigenvalue weighted by Crippen LogP contribution is -2.30. The Bertz CT molecular complexity index is 753. The highest BCUT2D eigenvalue weighted by atomic mass is 19.1. The molecule has 108 valence electrons. The van der Waals surface area contributed by atoms with E-state index in [-0.39, 0.29) is 11.9 Å². The maximum Gasteiger partial charge on any atom is 0.134 e. The molecule has 0 bridgehead atoms. The number of nitrogens with zero attached hydrogens (tertiary/aromatic N) is 1. The first-order chi connectivity index (χ1) is 10.2. The van der Waals surface area contributed by atoms with Gasteiger partial charge in [0.15, 0.2) is 0 Å². The zero-order valence-electron chi connectivity index (χ0n) is 11.8. The van der Waals surface area contributed by atoms with Gasteiger partial charge in [-0.05, 0) is 24.3 Å². The van der Waals surface area contributed by atoms with Crippen LogP contribution in [0.1, 0.15) is 11.6 Å². The fourth-order valence-electron chi connectivity index (χ4n) is 2.63. The van der Waals surface area contributed by atoms with Gasteiger partial charge >= 0.3 is 0 Å². The van der Waals surface area contributed by atoms with Gasteiger partial charge in [0.1, 0.15) is 11.4 Å². The van der Waals surface area contributed by atoms with Gasteiger partial charge in [-0.2, -0.15) is 0 Å². The van der Waals surface area contributed by atoms with E-state index in [1.807, 2.05) is 42.3 Å². The average Bonchev–Trinajstić information content (AvgIpc) is 2.92. The Morgan fingerprint density at radius 1 is 1.19 bits per heavy atom. The Morgan fingerprint density at radius 2 is 2.00 bits per heavy atom. The molecule has 0 saturated heterocycles. The number of nitrogens with two attached hydrogens (primary N) is 1. The molecule has 2 aromatic carbocycles. The van der Waals surface area contributed by atoms with E-state index in [0.717, 1.165) is 22.2 Å². The molecule has 3 aromatic rings. The minimum atomic E-state index is -0.257. The number of anilines is 1. The van der Waals surface area contributed by atoms with Crippen LogP contribution in [0.25, 0.3) is 11.0 Å². The molecular weight excluding hydrogens is 267 g/mol. The third kappa shape index (κ3) is 2.50. The number of hydrogen-bond acceptors (Lipinski definition) is 3. The van der Waals surface area contributed by atoms with Crippen molar-refractivity contribution in [3.63, 3.8) is 0 Å². The number of benzene rings is 2. The fourth-order valence-corrected chi connectivity index (χ4v) is 2.63. The van der Waals surface area contributed by atoms with Gasteiger partial charge in [0.2, 0.25) is 0 Å². The number of hydrogen-bond donors (Lipinski definition) is 1. The van der Waals surface area contributed by atoms with Crippen LogP contribution in [0.2, 0.25) is 0 Å². The maximum atomic E-state index is 13.4. The van der Waals surface area contributed by atoms with Crippen molar-refractivity contribution in [2.45, 2.75) is 6.04 Å². The van der Waals surface area contributed by atoms with Gasteiger partial charge in [0, 0.05) is 30.2 Å². The first-order valence-corrected chi connectivity index (χ1v) is 6.85. The van der Waals surface area contributed by atoms with E-state index in [9.17, 15) is 4.39 Å². The van der Waals surface area contributed by atoms with Crippen molar-refractivity contribution in [3.8, 4) is 0 Å². The van der Waals surface area contributed by atoms with E-state index in [1.54, 1.807) is 12.3 Å². The van der Waals surface area contributed by atoms with Crippen molar-refractivity contribution in [3.05, 3.63) is 66.2 Å². The van der Waals surface area contributed by atoms with Crippen LogP contribution >= 0.6 is 0 Å². The standard InChI is InChI=1S/C17H17FN2O/c1-20(13-6-4-5-12(18)9-13)16(10-19)15-11-21-17-8-3-2-7-14(15)17/h2-9,11,16H,10,19H2,1H3. The summed E-state index contributed by atoms with van der Waals surface area (Å²) in [6, 6.07) is 14.3. The van der Waals surface area contributed by atoms with Crippen molar-refractivity contribution in [2.24, 2.45) is 5.73 Å². The van der Waals surface area contributed by atoms with Crippen molar-refractivity contribution in [1.29, 1.82) is 0 Å². The minimum absolute atomic E-state index is 0.0737. The SMILES string of the molecule is CN(c1cccc(F)c1)C(CN)c1coc2ccccc12. The lowest BCUT2D eigenvalue weighted by atomic mass is 10.0. The van der Waals surface area contributed by atoms with Gasteiger partial charge in [-0.3, -0.25) is 0 Å². The minimum Gasteiger partial charge on any atom is -0.464 e. The highest BCUT2D eigenvalue weighted by molar-refractivity contribution is 5.82. The van der Waals surface area contributed by atoms with Gasteiger partial charge in [-0.1, -0.05) is 24.3 Å². The highest BCUT2D eigenvalue weighted by Gasteiger charge is 2.20. The van der Waals surface area contributed by atoms with Crippen LogP contribution < -0.4 is 10.6 Å². The van der Waals surface area contributed by atoms with E-state index >= 15 is 0 Å². The Morgan fingerprint density at radius 3 is 2.76 bits per heavy atom. The molecule has 1 heterocycles. The maximum absolute atomic E-state index is 13.4. The first-order valence-electron chi connectivity index (χ1n) is 6.85. The molecule has 2 N–H and O–H groups in total. The summed E-state index contributed by atoms with van der Waals surface area (Å²) >= 11 is 0. The average molecular weight is 284 g/mol. The van der Waals surface area contributed by atoms with Gasteiger partial charge < -0.3 is 15.1 Å². The molecule has 0 aliphatic carbocycles. The smallest absolute Gasteiger partial charge is 0.134 e. The summed E-state index contributed by atoms with van der Waals surface area (Å²) in [6.45, 7) is 0.413. The summed E-state index contributed by atoms with van der Waals surface area (Å²) in [6.07, 6.45) is 1.73. The van der Waals surface area contributed by atoms with Crippen molar-refractivity contribution < 1.29 is 8.81 Å². The number of halogens is 1. The molecule has 0 amide bonds. The number of fused-ring (bicyclic) bond motifs is 1. The lowest BCUT2D eigenvalue weighted by Gasteiger charge is -2.28. The topological polar surface area (TPSA) is 42.4 Å². The monoisotopic (exact) mass is 284 g/mol. The molecule has 0 spiro atoms. The summed E-state index contributed by atoms with van der Waals surface area (Å²) in [5.74, 6) is -0.257. The van der Waals surface area contributed by atoms with Gasteiger partial charge in [-0.15, -0.1) is 0 Å². The van der Waals surface area contributed by atoms with Gasteiger partial charge in [-0.25, -0.2) is 4.39 Å². The fraction of sp³-hybridized carbons (Fsp3) is 0.176. The molecule has 3 nitrogen and oxygen atoms in total. The van der Waals surface area contributed by atoms with Crippen LogP contribution in [0.5, 0.6) is 0 Å². The number of rotatable bonds is 4. The zero-order valence-corrected chi connectivity index (χ0v) is 11.8. The molecule has 21 heavy (non-hydrogen) atoms. The van der Waals surface area contributed by atoms with Crippen molar-refractivity contribution >= 4 is 16.7 Å². The normalized spacial score (nSPS) is 12.5. The second kappa shape index (κ2) is 5.58. The molecular formula is C17H17FN2O. The van der Waals surface area contributed by atoms with Crippen molar-refractivity contribution in [1.82, 2.24) is 0 Å². The molecule has 3 rings (SSSR count). The van der Waals surface area contributed by atoms with Crippen LogP contribution in [0.3, 0.4) is 0 Å². The molecule has 1 aromatic heterocycles. The largest absolute Gasteiger partial charge is 0.464 e. The Kier molecular flexibility index (Phi) is 3.62. The lowest BCUT2D eigenvalue weighted by molar-refractivity contribution is 0.593. The van der Waals surface area contributed by atoms with E-state index in [0.29, 0.717) is 6.54 Å². The van der Waals surface area contributed by atoms with Crippen LogP contribution in [0.15, 0.2) is 59.2 Å². The highest BCUT2D eigenvalue weighted by Crippen LogP contribution is 2.31. The quantitative estimate of drug-likeness (QED) is 0.794. The predicted octanol–water partition coefficient (Wildman–Crippen LogP) is 3.71.